The number of carbonyl (C=O) groups is 2. The summed E-state index contributed by atoms with van der Waals surface area (Å²) in [4.78, 5) is 30.2. The molecule has 1 aromatic heterocycles. The number of nitrogens with zero attached hydrogens (tertiary/aromatic N) is 2. The molecule has 1 aliphatic carbocycles. The highest BCUT2D eigenvalue weighted by molar-refractivity contribution is 5.94. The molecule has 2 atom stereocenters. The van der Waals surface area contributed by atoms with Gasteiger partial charge in [-0.25, -0.2) is 4.98 Å². The first-order valence-corrected chi connectivity index (χ1v) is 8.95. The number of morpholine rings is 1. The van der Waals surface area contributed by atoms with Gasteiger partial charge in [-0.05, 0) is 38.8 Å². The van der Waals surface area contributed by atoms with E-state index in [1.54, 1.807) is 12.3 Å². The SMILES string of the molecule is C[C@@H]1CN(c2ccc(C(=O)NCCNC(=O)C3CC3)cn2)C[C@H](C)O1. The molecule has 2 aliphatic rings. The van der Waals surface area contributed by atoms with Crippen molar-refractivity contribution in [3.8, 4) is 0 Å². The standard InChI is InChI=1S/C18H26N4O3/c1-12-10-22(11-13(2)25-12)16-6-5-15(9-21-16)18(24)20-8-7-19-17(23)14-3-4-14/h5-6,9,12-14H,3-4,7-8,10-11H2,1-2H3,(H,19,23)(H,20,24)/t12-,13+. The molecule has 1 saturated heterocycles. The first kappa shape index (κ1) is 17.7. The minimum atomic E-state index is -0.177. The predicted molar refractivity (Wildman–Crippen MR) is 94.5 cm³/mol. The Balaban J connectivity index is 1.46. The number of pyridine rings is 1. The first-order chi connectivity index (χ1) is 12.0. The number of hydrogen-bond donors (Lipinski definition) is 2. The average molecular weight is 346 g/mol. The van der Waals surface area contributed by atoms with Gasteiger partial charge in [0.05, 0.1) is 17.8 Å². The molecule has 2 fully saturated rings. The summed E-state index contributed by atoms with van der Waals surface area (Å²) in [5.74, 6) is 0.964. The van der Waals surface area contributed by atoms with Gasteiger partial charge in [-0.15, -0.1) is 0 Å². The predicted octanol–water partition coefficient (Wildman–Crippen LogP) is 0.951. The molecule has 0 unspecified atom stereocenters. The molecule has 3 rings (SSSR count). The molecule has 136 valence electrons. The van der Waals surface area contributed by atoms with E-state index in [1.165, 1.54) is 0 Å². The Hall–Kier alpha value is -2.15. The molecule has 0 bridgehead atoms. The summed E-state index contributed by atoms with van der Waals surface area (Å²) < 4.78 is 5.73. The normalized spacial score (nSPS) is 23.2. The fourth-order valence-electron chi connectivity index (χ4n) is 3.03. The Morgan fingerprint density at radius 1 is 1.16 bits per heavy atom. The van der Waals surface area contributed by atoms with Gasteiger partial charge in [-0.1, -0.05) is 0 Å². The van der Waals surface area contributed by atoms with E-state index in [0.29, 0.717) is 18.7 Å². The Bertz CT molecular complexity index is 605. The van der Waals surface area contributed by atoms with E-state index in [1.807, 2.05) is 19.9 Å². The first-order valence-electron chi connectivity index (χ1n) is 8.95. The maximum Gasteiger partial charge on any atom is 0.252 e. The number of carbonyl (C=O) groups excluding carboxylic acids is 2. The molecular weight excluding hydrogens is 320 g/mol. The van der Waals surface area contributed by atoms with Crippen molar-refractivity contribution in [3.63, 3.8) is 0 Å². The number of nitrogens with one attached hydrogen (secondary N) is 2. The zero-order valence-corrected chi connectivity index (χ0v) is 14.8. The number of hydrogen-bond acceptors (Lipinski definition) is 5. The maximum absolute atomic E-state index is 12.1. The lowest BCUT2D eigenvalue weighted by Gasteiger charge is -2.36. The van der Waals surface area contributed by atoms with Crippen LogP contribution in [0.2, 0.25) is 0 Å². The molecule has 1 aromatic rings. The molecule has 1 aliphatic heterocycles. The van der Waals surface area contributed by atoms with Crippen LogP contribution >= 0.6 is 0 Å². The average Bonchev–Trinajstić information content (AvgIpc) is 3.43. The second kappa shape index (κ2) is 7.82. The number of aromatic nitrogens is 1. The maximum atomic E-state index is 12.1. The molecule has 2 heterocycles. The summed E-state index contributed by atoms with van der Waals surface area (Å²) in [6, 6.07) is 3.65. The smallest absolute Gasteiger partial charge is 0.252 e. The van der Waals surface area contributed by atoms with Crippen molar-refractivity contribution in [3.05, 3.63) is 23.9 Å². The van der Waals surface area contributed by atoms with Crippen molar-refractivity contribution in [2.45, 2.75) is 38.9 Å². The van der Waals surface area contributed by atoms with Crippen LogP contribution in [-0.2, 0) is 9.53 Å². The summed E-state index contributed by atoms with van der Waals surface area (Å²) in [5.41, 5.74) is 0.520. The molecule has 1 saturated carbocycles. The lowest BCUT2D eigenvalue weighted by molar-refractivity contribution is -0.122. The van der Waals surface area contributed by atoms with Crippen LogP contribution in [0.4, 0.5) is 5.82 Å². The summed E-state index contributed by atoms with van der Waals surface area (Å²) in [5, 5.41) is 5.62. The van der Waals surface area contributed by atoms with Crippen molar-refractivity contribution >= 4 is 17.6 Å². The van der Waals surface area contributed by atoms with Crippen LogP contribution in [0.3, 0.4) is 0 Å². The topological polar surface area (TPSA) is 83.6 Å². The summed E-state index contributed by atoms with van der Waals surface area (Å²) in [6.45, 7) is 6.56. The number of ether oxygens (including phenoxy) is 1. The van der Waals surface area contributed by atoms with Gasteiger partial charge in [0.25, 0.3) is 5.91 Å². The molecule has 0 radical (unpaired) electrons. The number of rotatable bonds is 6. The van der Waals surface area contributed by atoms with Crippen LogP contribution in [0, 0.1) is 5.92 Å². The van der Waals surface area contributed by atoms with Gasteiger partial charge in [-0.3, -0.25) is 9.59 Å². The van der Waals surface area contributed by atoms with Crippen molar-refractivity contribution in [1.82, 2.24) is 15.6 Å². The minimum Gasteiger partial charge on any atom is -0.372 e. The lowest BCUT2D eigenvalue weighted by Crippen LogP contribution is -2.45. The van der Waals surface area contributed by atoms with Gasteiger partial charge in [0.1, 0.15) is 5.82 Å². The quantitative estimate of drug-likeness (QED) is 0.750. The molecule has 2 N–H and O–H groups in total. The molecular formula is C18H26N4O3. The van der Waals surface area contributed by atoms with Gasteiger partial charge in [0.2, 0.25) is 5.91 Å². The molecule has 7 heteroatoms. The Morgan fingerprint density at radius 2 is 1.84 bits per heavy atom. The molecule has 0 aromatic carbocycles. The van der Waals surface area contributed by atoms with Crippen molar-refractivity contribution < 1.29 is 14.3 Å². The lowest BCUT2D eigenvalue weighted by atomic mass is 10.2. The summed E-state index contributed by atoms with van der Waals surface area (Å²) >= 11 is 0. The van der Waals surface area contributed by atoms with E-state index in [2.05, 4.69) is 20.5 Å². The fourth-order valence-corrected chi connectivity index (χ4v) is 3.03. The molecule has 7 nitrogen and oxygen atoms in total. The van der Waals surface area contributed by atoms with Gasteiger partial charge in [-0.2, -0.15) is 0 Å². The monoisotopic (exact) mass is 346 g/mol. The van der Waals surface area contributed by atoms with Crippen molar-refractivity contribution in [1.29, 1.82) is 0 Å². The fraction of sp³-hybridized carbons (Fsp3) is 0.611. The minimum absolute atomic E-state index is 0.0919. The van der Waals surface area contributed by atoms with Crippen LogP contribution < -0.4 is 15.5 Å². The van der Waals surface area contributed by atoms with Gasteiger partial charge >= 0.3 is 0 Å². The van der Waals surface area contributed by atoms with E-state index in [4.69, 9.17) is 4.74 Å². The third kappa shape index (κ3) is 4.92. The van der Waals surface area contributed by atoms with Crippen molar-refractivity contribution in [2.24, 2.45) is 5.92 Å². The van der Waals surface area contributed by atoms with Crippen LogP contribution in [0.5, 0.6) is 0 Å². The van der Waals surface area contributed by atoms with E-state index in [9.17, 15) is 9.59 Å². The third-order valence-electron chi connectivity index (χ3n) is 4.41. The second-order valence-corrected chi connectivity index (χ2v) is 6.89. The largest absolute Gasteiger partial charge is 0.372 e. The van der Waals surface area contributed by atoms with Crippen molar-refractivity contribution in [2.75, 3.05) is 31.1 Å². The van der Waals surface area contributed by atoms with Crippen LogP contribution in [0.1, 0.15) is 37.0 Å². The summed E-state index contributed by atoms with van der Waals surface area (Å²) in [7, 11) is 0. The highest BCUT2D eigenvalue weighted by Crippen LogP contribution is 2.28. The third-order valence-corrected chi connectivity index (χ3v) is 4.41. The Labute approximate surface area is 148 Å². The zero-order chi connectivity index (χ0) is 17.8. The van der Waals surface area contributed by atoms with E-state index in [-0.39, 0.29) is 29.9 Å². The van der Waals surface area contributed by atoms with E-state index in [0.717, 1.165) is 31.7 Å². The van der Waals surface area contributed by atoms with Crippen LogP contribution in [0.15, 0.2) is 18.3 Å². The number of amides is 2. The highest BCUT2D eigenvalue weighted by Gasteiger charge is 2.29. The van der Waals surface area contributed by atoms with Gasteiger partial charge in [0.15, 0.2) is 0 Å². The second-order valence-electron chi connectivity index (χ2n) is 6.89. The highest BCUT2D eigenvalue weighted by atomic mass is 16.5. The van der Waals surface area contributed by atoms with Crippen LogP contribution in [-0.4, -0.2) is 55.2 Å². The van der Waals surface area contributed by atoms with E-state index >= 15 is 0 Å². The van der Waals surface area contributed by atoms with E-state index < -0.39 is 0 Å². The Kier molecular flexibility index (Phi) is 5.53. The molecule has 2 amide bonds. The molecule has 25 heavy (non-hydrogen) atoms. The Morgan fingerprint density at radius 3 is 2.44 bits per heavy atom. The van der Waals surface area contributed by atoms with Gasteiger partial charge < -0.3 is 20.3 Å². The van der Waals surface area contributed by atoms with Gasteiger partial charge in [0, 0.05) is 38.3 Å². The zero-order valence-electron chi connectivity index (χ0n) is 14.8. The molecule has 0 spiro atoms. The summed E-state index contributed by atoms with van der Waals surface area (Å²) in [6.07, 6.45) is 3.89. The number of anilines is 1. The van der Waals surface area contributed by atoms with Crippen LogP contribution in [0.25, 0.3) is 0 Å².